The number of hydrogen-bond donors (Lipinski definition) is 3. The first-order valence-corrected chi connectivity index (χ1v) is 8.42. The van der Waals surface area contributed by atoms with E-state index in [0.29, 0.717) is 17.8 Å². The molecule has 1 aromatic carbocycles. The Kier molecular flexibility index (Phi) is 7.67. The lowest BCUT2D eigenvalue weighted by atomic mass is 9.83. The van der Waals surface area contributed by atoms with Gasteiger partial charge in [-0.2, -0.15) is 0 Å². The summed E-state index contributed by atoms with van der Waals surface area (Å²) < 4.78 is 8.88. The van der Waals surface area contributed by atoms with Crippen LogP contribution in [-0.2, 0) is 4.57 Å². The minimum Gasteiger partial charge on any atom is -0.303 e. The Morgan fingerprint density at radius 3 is 1.30 bits per heavy atom. The van der Waals surface area contributed by atoms with Crippen molar-refractivity contribution >= 4 is 7.82 Å². The van der Waals surface area contributed by atoms with Crippen LogP contribution in [0.25, 0.3) is 0 Å². The lowest BCUT2D eigenvalue weighted by Crippen LogP contribution is -2.04. The molecule has 3 N–H and O–H groups in total. The number of hydrogen-bond acceptors (Lipinski definition) is 1. The average molecular weight is 302 g/mol. The Hall–Kier alpha value is -0.670. The van der Waals surface area contributed by atoms with E-state index in [1.54, 1.807) is 5.56 Å². The van der Waals surface area contributed by atoms with Gasteiger partial charge in [-0.15, -0.1) is 0 Å². The van der Waals surface area contributed by atoms with Crippen LogP contribution in [0.1, 0.15) is 76.0 Å². The van der Waals surface area contributed by atoms with Crippen molar-refractivity contribution in [3.8, 4) is 0 Å². The van der Waals surface area contributed by atoms with Gasteiger partial charge in [0.05, 0.1) is 0 Å². The van der Waals surface area contributed by atoms with Crippen molar-refractivity contribution in [1.82, 2.24) is 0 Å². The summed E-state index contributed by atoms with van der Waals surface area (Å²) >= 11 is 0. The molecule has 5 heteroatoms. The molecule has 20 heavy (non-hydrogen) atoms. The smallest absolute Gasteiger partial charge is 0.303 e. The third-order valence-corrected chi connectivity index (χ3v) is 2.99. The molecule has 0 bridgehead atoms. The van der Waals surface area contributed by atoms with Crippen LogP contribution in [0.4, 0.5) is 0 Å². The lowest BCUT2D eigenvalue weighted by molar-refractivity contribution is 0.275. The Balaban J connectivity index is 0.000000621. The molecule has 0 saturated carbocycles. The van der Waals surface area contributed by atoms with Crippen LogP contribution in [0.3, 0.4) is 0 Å². The molecule has 0 radical (unpaired) electrons. The monoisotopic (exact) mass is 302 g/mol. The van der Waals surface area contributed by atoms with Gasteiger partial charge in [0.2, 0.25) is 0 Å². The van der Waals surface area contributed by atoms with Crippen molar-refractivity contribution in [1.29, 1.82) is 0 Å². The first-order valence-electron chi connectivity index (χ1n) is 6.86. The molecule has 0 aliphatic heterocycles. The molecule has 0 aliphatic carbocycles. The molecule has 0 saturated heterocycles. The summed E-state index contributed by atoms with van der Waals surface area (Å²) in [7, 11) is -4.64. The van der Waals surface area contributed by atoms with Crippen LogP contribution in [0, 0.1) is 0 Å². The normalized spacial score (nSPS) is 11.8. The summed E-state index contributed by atoms with van der Waals surface area (Å²) in [5.41, 5.74) is 4.62. The zero-order valence-corrected chi connectivity index (χ0v) is 14.1. The molecule has 0 spiro atoms. The number of phosphoric acid groups is 1. The predicted molar refractivity (Wildman–Crippen MR) is 83.0 cm³/mol. The minimum atomic E-state index is -4.64. The fourth-order valence-electron chi connectivity index (χ4n) is 2.28. The summed E-state index contributed by atoms with van der Waals surface area (Å²) in [4.78, 5) is 21.6. The molecule has 0 unspecified atom stereocenters. The second-order valence-electron chi connectivity index (χ2n) is 5.83. The second-order valence-corrected chi connectivity index (χ2v) is 6.85. The van der Waals surface area contributed by atoms with Crippen molar-refractivity contribution in [3.63, 3.8) is 0 Å². The first-order chi connectivity index (χ1) is 8.95. The summed E-state index contributed by atoms with van der Waals surface area (Å²) in [6.45, 7) is 13.7. The van der Waals surface area contributed by atoms with Crippen molar-refractivity contribution in [2.24, 2.45) is 0 Å². The van der Waals surface area contributed by atoms with E-state index in [0.717, 1.165) is 0 Å². The Morgan fingerprint density at radius 2 is 1.10 bits per heavy atom. The van der Waals surface area contributed by atoms with E-state index in [1.807, 2.05) is 0 Å². The maximum atomic E-state index is 8.88. The van der Waals surface area contributed by atoms with Gasteiger partial charge >= 0.3 is 7.82 Å². The predicted octanol–water partition coefficient (Wildman–Crippen LogP) is 4.13. The number of rotatable bonds is 3. The summed E-state index contributed by atoms with van der Waals surface area (Å²) in [6.07, 6.45) is 0. The second kappa shape index (κ2) is 7.94. The van der Waals surface area contributed by atoms with E-state index in [2.05, 4.69) is 59.7 Å². The molecular weight excluding hydrogens is 275 g/mol. The SMILES string of the molecule is CC(C)c1cccc(C(C)C)c1C(C)C.O=P(O)(O)O. The molecule has 1 aromatic rings. The molecule has 116 valence electrons. The molecule has 0 fully saturated rings. The van der Waals surface area contributed by atoms with E-state index in [4.69, 9.17) is 19.2 Å². The maximum Gasteiger partial charge on any atom is 0.466 e. The Morgan fingerprint density at radius 1 is 0.800 bits per heavy atom. The molecule has 0 heterocycles. The highest BCUT2D eigenvalue weighted by atomic mass is 31.2. The summed E-state index contributed by atoms with van der Waals surface area (Å²) in [6, 6.07) is 6.77. The van der Waals surface area contributed by atoms with Crippen molar-refractivity contribution in [2.45, 2.75) is 59.3 Å². The third kappa shape index (κ3) is 7.20. The van der Waals surface area contributed by atoms with Gasteiger partial charge in [0, 0.05) is 0 Å². The zero-order valence-electron chi connectivity index (χ0n) is 13.2. The summed E-state index contributed by atoms with van der Waals surface area (Å²) in [5.74, 6) is 1.88. The molecule has 0 atom stereocenters. The fourth-order valence-corrected chi connectivity index (χ4v) is 2.28. The summed E-state index contributed by atoms with van der Waals surface area (Å²) in [5, 5.41) is 0. The van der Waals surface area contributed by atoms with Gasteiger partial charge < -0.3 is 14.7 Å². The first kappa shape index (κ1) is 19.3. The lowest BCUT2D eigenvalue weighted by Gasteiger charge is -2.22. The standard InChI is InChI=1S/C15H24.H3O4P/c1-10(2)13-8-7-9-14(11(3)4)15(13)12(5)6;1-5(2,3)4/h7-12H,1-6H3;(H3,1,2,3,4). The van der Waals surface area contributed by atoms with Gasteiger partial charge in [-0.1, -0.05) is 59.7 Å². The average Bonchev–Trinajstić information content (AvgIpc) is 2.25. The van der Waals surface area contributed by atoms with E-state index in [1.165, 1.54) is 11.1 Å². The van der Waals surface area contributed by atoms with Gasteiger partial charge in [0.15, 0.2) is 0 Å². The Labute approximate surface area is 122 Å². The van der Waals surface area contributed by atoms with Crippen molar-refractivity contribution < 1.29 is 19.2 Å². The highest BCUT2D eigenvalue weighted by Gasteiger charge is 2.15. The zero-order chi connectivity index (χ0) is 16.1. The fraction of sp³-hybridized carbons (Fsp3) is 0.600. The molecule has 1 rings (SSSR count). The molecular formula is C15H27O4P. The largest absolute Gasteiger partial charge is 0.466 e. The van der Waals surface area contributed by atoms with Gasteiger partial charge in [-0.25, -0.2) is 4.57 Å². The molecule has 0 aromatic heterocycles. The number of benzene rings is 1. The van der Waals surface area contributed by atoms with E-state index >= 15 is 0 Å². The van der Waals surface area contributed by atoms with Crippen LogP contribution < -0.4 is 0 Å². The quantitative estimate of drug-likeness (QED) is 0.734. The van der Waals surface area contributed by atoms with Crippen LogP contribution in [-0.4, -0.2) is 14.7 Å². The molecule has 0 amide bonds. The van der Waals surface area contributed by atoms with Crippen LogP contribution in [0.5, 0.6) is 0 Å². The van der Waals surface area contributed by atoms with Crippen molar-refractivity contribution in [2.75, 3.05) is 0 Å². The topological polar surface area (TPSA) is 77.8 Å². The van der Waals surface area contributed by atoms with E-state index in [-0.39, 0.29) is 0 Å². The Bertz CT molecular complexity index is 426. The highest BCUT2D eigenvalue weighted by Crippen LogP contribution is 2.32. The van der Waals surface area contributed by atoms with Crippen LogP contribution in [0.15, 0.2) is 18.2 Å². The van der Waals surface area contributed by atoms with Gasteiger partial charge in [0.25, 0.3) is 0 Å². The van der Waals surface area contributed by atoms with Gasteiger partial charge in [-0.05, 0) is 34.4 Å². The van der Waals surface area contributed by atoms with E-state index in [9.17, 15) is 0 Å². The van der Waals surface area contributed by atoms with E-state index < -0.39 is 7.82 Å². The molecule has 4 nitrogen and oxygen atoms in total. The third-order valence-electron chi connectivity index (χ3n) is 2.99. The van der Waals surface area contributed by atoms with Crippen molar-refractivity contribution in [3.05, 3.63) is 34.9 Å². The molecule has 0 aliphatic rings. The maximum absolute atomic E-state index is 8.88. The van der Waals surface area contributed by atoms with Crippen LogP contribution >= 0.6 is 7.82 Å². The van der Waals surface area contributed by atoms with Crippen LogP contribution in [0.2, 0.25) is 0 Å². The minimum absolute atomic E-state index is 0.626. The van der Waals surface area contributed by atoms with Gasteiger partial charge in [0.1, 0.15) is 0 Å². The van der Waals surface area contributed by atoms with Gasteiger partial charge in [-0.3, -0.25) is 0 Å². The highest BCUT2D eigenvalue weighted by molar-refractivity contribution is 7.45.